The molecule has 2 atom stereocenters. The normalized spacial score (nSPS) is 23.7. The zero-order valence-corrected chi connectivity index (χ0v) is 18.2. The third-order valence-electron chi connectivity index (χ3n) is 6.74. The first-order chi connectivity index (χ1) is 15.7. The highest BCUT2D eigenvalue weighted by Crippen LogP contribution is 2.32. The van der Waals surface area contributed by atoms with Crippen molar-refractivity contribution in [3.8, 4) is 0 Å². The van der Waals surface area contributed by atoms with Crippen LogP contribution in [0.1, 0.15) is 34.1 Å². The van der Waals surface area contributed by atoms with E-state index >= 15 is 0 Å². The zero-order chi connectivity index (χ0) is 21.7. The molecule has 2 aromatic carbocycles. The van der Waals surface area contributed by atoms with Crippen LogP contribution in [0, 0.1) is 0 Å². The Morgan fingerprint density at radius 1 is 1.09 bits per heavy atom. The first-order valence-corrected chi connectivity index (χ1v) is 11.3. The molecule has 1 saturated heterocycles. The fraction of sp³-hybridized carbons (Fsp3) is 0.417. The molecule has 4 heterocycles. The fourth-order valence-electron chi connectivity index (χ4n) is 4.96. The lowest BCUT2D eigenvalue weighted by Gasteiger charge is -2.26. The van der Waals surface area contributed by atoms with E-state index < -0.39 is 6.10 Å². The van der Waals surface area contributed by atoms with Gasteiger partial charge in [0.15, 0.2) is 0 Å². The number of fused-ring (bicyclic) bond motifs is 2. The van der Waals surface area contributed by atoms with E-state index in [-0.39, 0.29) is 6.04 Å². The van der Waals surface area contributed by atoms with Crippen LogP contribution in [0.4, 0.5) is 0 Å². The third-order valence-corrected chi connectivity index (χ3v) is 6.74. The number of hydrogen-bond donors (Lipinski definition) is 3. The largest absolute Gasteiger partial charge is 0.384 e. The molecule has 6 rings (SSSR count). The van der Waals surface area contributed by atoms with E-state index in [1.54, 1.807) is 0 Å². The molecule has 32 heavy (non-hydrogen) atoms. The monoisotopic (exact) mass is 432 g/mol. The molecule has 2 unspecified atom stereocenters. The highest BCUT2D eigenvalue weighted by Gasteiger charge is 2.38. The Hall–Kier alpha value is -2.78. The number of nitrogens with one attached hydrogen (secondary N) is 2. The molecule has 0 radical (unpaired) electrons. The number of benzene rings is 2. The van der Waals surface area contributed by atoms with Gasteiger partial charge in [-0.2, -0.15) is 5.10 Å². The van der Waals surface area contributed by atoms with Gasteiger partial charge in [-0.05, 0) is 28.8 Å². The number of H-pyrrole nitrogens is 1. The highest BCUT2D eigenvalue weighted by molar-refractivity contribution is 6.05. The number of imidazole rings is 1. The maximum atomic E-state index is 11.2. The van der Waals surface area contributed by atoms with E-state index in [0.29, 0.717) is 5.71 Å². The predicted molar refractivity (Wildman–Crippen MR) is 122 cm³/mol. The Labute approximate surface area is 186 Å². The molecule has 166 valence electrons. The SMILES string of the molecule is CN1N=C(c2ccc(CN3CCOCC3)cc2)C(O)C1c1nc2cc3c(cc2[nH]1)CNC3. The number of hydrazone groups is 1. The van der Waals surface area contributed by atoms with E-state index in [2.05, 4.69) is 56.7 Å². The van der Waals surface area contributed by atoms with Gasteiger partial charge in [-0.15, -0.1) is 0 Å². The van der Waals surface area contributed by atoms with Gasteiger partial charge in [0.05, 0.1) is 30.0 Å². The van der Waals surface area contributed by atoms with E-state index in [0.717, 1.165) is 68.4 Å². The van der Waals surface area contributed by atoms with Gasteiger partial charge in [-0.25, -0.2) is 4.98 Å². The highest BCUT2D eigenvalue weighted by atomic mass is 16.5. The molecular formula is C24H28N6O2. The van der Waals surface area contributed by atoms with E-state index in [4.69, 9.17) is 9.72 Å². The number of aromatic nitrogens is 2. The molecule has 0 spiro atoms. The predicted octanol–water partition coefficient (Wildman–Crippen LogP) is 1.75. The van der Waals surface area contributed by atoms with Crippen molar-refractivity contribution in [1.29, 1.82) is 0 Å². The quantitative estimate of drug-likeness (QED) is 0.582. The number of aliphatic hydroxyl groups is 1. The Bertz CT molecular complexity index is 1120. The molecule has 8 nitrogen and oxygen atoms in total. The van der Waals surface area contributed by atoms with Crippen LogP contribution in [-0.4, -0.2) is 70.1 Å². The molecule has 0 saturated carbocycles. The molecule has 3 N–H and O–H groups in total. The second-order valence-corrected chi connectivity index (χ2v) is 8.90. The van der Waals surface area contributed by atoms with E-state index in [9.17, 15) is 5.11 Å². The van der Waals surface area contributed by atoms with Crippen LogP contribution >= 0.6 is 0 Å². The minimum absolute atomic E-state index is 0.335. The van der Waals surface area contributed by atoms with Crippen molar-refractivity contribution in [2.45, 2.75) is 31.8 Å². The van der Waals surface area contributed by atoms with Crippen LogP contribution in [0.2, 0.25) is 0 Å². The number of morpholine rings is 1. The number of likely N-dealkylation sites (N-methyl/N-ethyl adjacent to an activating group) is 1. The summed E-state index contributed by atoms with van der Waals surface area (Å²) in [4.78, 5) is 10.6. The Kier molecular flexibility index (Phi) is 4.95. The topological polar surface area (TPSA) is 89.0 Å². The van der Waals surface area contributed by atoms with Gasteiger partial charge in [0, 0.05) is 45.3 Å². The Balaban J connectivity index is 1.21. The van der Waals surface area contributed by atoms with Gasteiger partial charge in [0.2, 0.25) is 0 Å². The standard InChI is InChI=1S/C24H28N6O2/c1-29-22(24-26-19-10-17-12-25-13-18(17)11-20(19)27-24)23(31)21(28-29)16-4-2-15(3-5-16)14-30-6-8-32-9-7-30/h2-5,10-11,22-23,25,31H,6-9,12-14H2,1H3,(H,26,27). The lowest BCUT2D eigenvalue weighted by molar-refractivity contribution is 0.0342. The maximum absolute atomic E-state index is 11.2. The molecule has 0 amide bonds. The van der Waals surface area contributed by atoms with Crippen LogP contribution in [0.5, 0.6) is 0 Å². The van der Waals surface area contributed by atoms with E-state index in [1.165, 1.54) is 16.7 Å². The number of ether oxygens (including phenoxy) is 1. The van der Waals surface area contributed by atoms with Gasteiger partial charge in [-0.1, -0.05) is 24.3 Å². The van der Waals surface area contributed by atoms with Crippen LogP contribution < -0.4 is 5.32 Å². The number of nitrogens with zero attached hydrogens (tertiary/aromatic N) is 4. The second kappa shape index (κ2) is 7.97. The summed E-state index contributed by atoms with van der Waals surface area (Å²) in [6.07, 6.45) is -0.751. The zero-order valence-electron chi connectivity index (χ0n) is 18.2. The molecule has 3 aliphatic rings. The summed E-state index contributed by atoms with van der Waals surface area (Å²) in [6.45, 7) is 6.23. The number of aliphatic hydroxyl groups excluding tert-OH is 1. The number of hydrogen-bond acceptors (Lipinski definition) is 7. The summed E-state index contributed by atoms with van der Waals surface area (Å²) in [6, 6.07) is 12.3. The summed E-state index contributed by atoms with van der Waals surface area (Å²) >= 11 is 0. The minimum Gasteiger partial charge on any atom is -0.384 e. The summed E-state index contributed by atoms with van der Waals surface area (Å²) in [7, 11) is 1.89. The molecule has 1 aromatic heterocycles. The van der Waals surface area contributed by atoms with Crippen molar-refractivity contribution < 1.29 is 9.84 Å². The van der Waals surface area contributed by atoms with Crippen molar-refractivity contribution in [2.24, 2.45) is 5.10 Å². The molecule has 0 bridgehead atoms. The van der Waals surface area contributed by atoms with Gasteiger partial charge in [-0.3, -0.25) is 9.91 Å². The molecule has 8 heteroatoms. The maximum Gasteiger partial charge on any atom is 0.136 e. The molecule has 3 aromatic rings. The van der Waals surface area contributed by atoms with Crippen LogP contribution in [0.15, 0.2) is 41.5 Å². The second-order valence-electron chi connectivity index (χ2n) is 8.90. The van der Waals surface area contributed by atoms with Crippen molar-refractivity contribution >= 4 is 16.7 Å². The van der Waals surface area contributed by atoms with Crippen molar-refractivity contribution in [3.05, 3.63) is 64.5 Å². The summed E-state index contributed by atoms with van der Waals surface area (Å²) in [5.74, 6) is 0.745. The van der Waals surface area contributed by atoms with Crippen LogP contribution in [-0.2, 0) is 24.4 Å². The number of aromatic amines is 1. The number of rotatable bonds is 4. The van der Waals surface area contributed by atoms with Crippen LogP contribution in [0.3, 0.4) is 0 Å². The van der Waals surface area contributed by atoms with Crippen molar-refractivity contribution in [3.63, 3.8) is 0 Å². The average Bonchev–Trinajstić information content (AvgIpc) is 3.49. The van der Waals surface area contributed by atoms with Crippen molar-refractivity contribution in [2.75, 3.05) is 33.4 Å². The fourth-order valence-corrected chi connectivity index (χ4v) is 4.96. The summed E-state index contributed by atoms with van der Waals surface area (Å²) < 4.78 is 5.43. The molecule has 3 aliphatic heterocycles. The molecule has 1 fully saturated rings. The Morgan fingerprint density at radius 3 is 2.62 bits per heavy atom. The third kappa shape index (κ3) is 3.49. The first-order valence-electron chi connectivity index (χ1n) is 11.3. The van der Waals surface area contributed by atoms with Gasteiger partial charge < -0.3 is 20.1 Å². The van der Waals surface area contributed by atoms with Gasteiger partial charge in [0.1, 0.15) is 18.0 Å². The molecular weight excluding hydrogens is 404 g/mol. The lowest BCUT2D eigenvalue weighted by atomic mass is 9.99. The Morgan fingerprint density at radius 2 is 1.84 bits per heavy atom. The summed E-state index contributed by atoms with van der Waals surface area (Å²) in [5, 5.41) is 21.0. The minimum atomic E-state index is -0.751. The van der Waals surface area contributed by atoms with Crippen LogP contribution in [0.25, 0.3) is 11.0 Å². The molecule has 0 aliphatic carbocycles. The van der Waals surface area contributed by atoms with E-state index in [1.807, 2.05) is 12.1 Å². The lowest BCUT2D eigenvalue weighted by Crippen LogP contribution is -2.35. The first kappa shape index (κ1) is 19.9. The summed E-state index contributed by atoms with van der Waals surface area (Å²) in [5.41, 5.74) is 7.43. The smallest absolute Gasteiger partial charge is 0.136 e. The van der Waals surface area contributed by atoms with Crippen molar-refractivity contribution in [1.82, 2.24) is 25.2 Å². The van der Waals surface area contributed by atoms with Gasteiger partial charge >= 0.3 is 0 Å². The van der Waals surface area contributed by atoms with Gasteiger partial charge in [0.25, 0.3) is 0 Å². The average molecular weight is 433 g/mol.